The van der Waals surface area contributed by atoms with Crippen LogP contribution in [-0.4, -0.2) is 129 Å². The number of nitrogens with zero attached hydrogens (tertiary/aromatic N) is 1. The molecule has 3 rings (SSSR count). The molecule has 0 aliphatic carbocycles. The number of carbonyl (C=O) groups is 3. The topological polar surface area (TPSA) is 177 Å². The molecule has 1 aliphatic rings. The smallest absolute Gasteiger partial charge is 0.407 e. The summed E-state index contributed by atoms with van der Waals surface area (Å²) < 4.78 is 67.0. The van der Waals surface area contributed by atoms with Crippen molar-refractivity contribution in [2.75, 3.05) is 85.5 Å². The van der Waals surface area contributed by atoms with Crippen LogP contribution in [0.5, 0.6) is 0 Å². The fraction of sp³-hybridized carbons (Fsp3) is 0.571. The molecule has 15 nitrogen and oxygen atoms in total. The van der Waals surface area contributed by atoms with Crippen LogP contribution in [0.2, 0.25) is 0 Å². The highest BCUT2D eigenvalue weighted by Crippen LogP contribution is 2.22. The summed E-state index contributed by atoms with van der Waals surface area (Å²) >= 11 is 0. The summed E-state index contributed by atoms with van der Waals surface area (Å²) in [6.45, 7) is 4.62. The lowest BCUT2D eigenvalue weighted by Gasteiger charge is -2.33. The molecule has 2 N–H and O–H groups in total. The molecule has 16 heteroatoms. The molecule has 2 amide bonds. The van der Waals surface area contributed by atoms with E-state index in [-0.39, 0.29) is 63.4 Å². The second-order valence-corrected chi connectivity index (χ2v) is 14.2. The monoisotopic (exact) mass is 737 g/mol. The average Bonchev–Trinajstić information content (AvgIpc) is 3.61. The van der Waals surface area contributed by atoms with E-state index in [1.807, 2.05) is 44.2 Å². The predicted octanol–water partition coefficient (Wildman–Crippen LogP) is 2.64. The van der Waals surface area contributed by atoms with E-state index in [4.69, 9.17) is 33.2 Å². The van der Waals surface area contributed by atoms with E-state index in [1.165, 1.54) is 42.8 Å². The van der Waals surface area contributed by atoms with Crippen molar-refractivity contribution in [3.63, 3.8) is 0 Å². The molecule has 284 valence electrons. The van der Waals surface area contributed by atoms with Crippen molar-refractivity contribution < 1.29 is 56.0 Å². The SMILES string of the molecule is COCCOCC(=O)Nc1ccc(S(=O)(=O)N(CC(C)C)C[C@H](OC(=O)COCCOC)[C@@H](Cc2ccccc2)NC(=O)O[C@H]2CCOC2)cc1. The maximum Gasteiger partial charge on any atom is 0.407 e. The van der Waals surface area contributed by atoms with E-state index >= 15 is 0 Å². The molecule has 2 aromatic carbocycles. The Morgan fingerprint density at radius 2 is 1.57 bits per heavy atom. The largest absolute Gasteiger partial charge is 0.457 e. The van der Waals surface area contributed by atoms with E-state index < -0.39 is 52.8 Å². The van der Waals surface area contributed by atoms with Crippen LogP contribution < -0.4 is 10.6 Å². The Kier molecular flexibility index (Phi) is 18.3. The second-order valence-electron chi connectivity index (χ2n) is 12.2. The van der Waals surface area contributed by atoms with Gasteiger partial charge in [-0.05, 0) is 42.2 Å². The Bertz CT molecular complexity index is 1440. The highest BCUT2D eigenvalue weighted by molar-refractivity contribution is 7.89. The Hall–Kier alpha value is -3.64. The molecule has 1 heterocycles. The Balaban J connectivity index is 1.89. The first-order valence-corrected chi connectivity index (χ1v) is 18.3. The molecular formula is C35H51N3O12S. The lowest BCUT2D eigenvalue weighted by atomic mass is 10.0. The average molecular weight is 738 g/mol. The third-order valence-corrected chi connectivity index (χ3v) is 9.39. The number of esters is 1. The van der Waals surface area contributed by atoms with Crippen molar-refractivity contribution in [2.45, 2.75) is 49.8 Å². The van der Waals surface area contributed by atoms with E-state index in [1.54, 1.807) is 0 Å². The van der Waals surface area contributed by atoms with Crippen LogP contribution in [0, 0.1) is 5.92 Å². The number of amides is 2. The van der Waals surface area contributed by atoms with Crippen LogP contribution in [0.1, 0.15) is 25.8 Å². The first-order chi connectivity index (χ1) is 24.5. The van der Waals surface area contributed by atoms with E-state index in [0.717, 1.165) is 5.56 Å². The van der Waals surface area contributed by atoms with Crippen molar-refractivity contribution in [1.82, 2.24) is 9.62 Å². The number of sulfonamides is 1. The number of anilines is 1. The van der Waals surface area contributed by atoms with Gasteiger partial charge in [0.1, 0.15) is 25.4 Å². The second kappa shape index (κ2) is 22.3. The maximum absolute atomic E-state index is 14.2. The molecule has 2 aromatic rings. The predicted molar refractivity (Wildman–Crippen MR) is 187 cm³/mol. The van der Waals surface area contributed by atoms with Gasteiger partial charge in [-0.25, -0.2) is 18.0 Å². The number of hydrogen-bond donors (Lipinski definition) is 2. The minimum absolute atomic E-state index is 0.0429. The highest BCUT2D eigenvalue weighted by atomic mass is 32.2. The number of alkyl carbamates (subject to hydrolysis) is 1. The minimum Gasteiger partial charge on any atom is -0.457 e. The van der Waals surface area contributed by atoms with Gasteiger partial charge in [-0.1, -0.05) is 44.2 Å². The molecule has 1 aliphatic heterocycles. The van der Waals surface area contributed by atoms with Gasteiger partial charge in [-0.2, -0.15) is 4.31 Å². The van der Waals surface area contributed by atoms with Crippen LogP contribution in [0.4, 0.5) is 10.5 Å². The summed E-state index contributed by atoms with van der Waals surface area (Å²) in [4.78, 5) is 38.5. The van der Waals surface area contributed by atoms with Crippen molar-refractivity contribution in [3.05, 3.63) is 60.2 Å². The summed E-state index contributed by atoms with van der Waals surface area (Å²) in [7, 11) is -1.16. The number of hydrogen-bond acceptors (Lipinski definition) is 12. The van der Waals surface area contributed by atoms with Gasteiger partial charge >= 0.3 is 12.1 Å². The van der Waals surface area contributed by atoms with E-state index in [0.29, 0.717) is 25.3 Å². The first-order valence-electron chi connectivity index (χ1n) is 16.8. The summed E-state index contributed by atoms with van der Waals surface area (Å²) in [5.41, 5.74) is 1.19. The van der Waals surface area contributed by atoms with E-state index in [9.17, 15) is 22.8 Å². The fourth-order valence-corrected chi connectivity index (χ4v) is 6.69. The van der Waals surface area contributed by atoms with Gasteiger partial charge < -0.3 is 43.8 Å². The molecule has 0 saturated carbocycles. The summed E-state index contributed by atoms with van der Waals surface area (Å²) in [6.07, 6.45) is -1.62. The number of rotatable bonds is 23. The molecule has 0 aromatic heterocycles. The molecule has 1 saturated heterocycles. The minimum atomic E-state index is -4.19. The van der Waals surface area contributed by atoms with Gasteiger partial charge in [0.15, 0.2) is 0 Å². The Morgan fingerprint density at radius 3 is 2.18 bits per heavy atom. The van der Waals surface area contributed by atoms with Crippen molar-refractivity contribution in [3.8, 4) is 0 Å². The summed E-state index contributed by atoms with van der Waals surface area (Å²) in [5, 5.41) is 5.51. The van der Waals surface area contributed by atoms with Crippen LogP contribution in [0.3, 0.4) is 0 Å². The normalized spacial score (nSPS) is 15.8. The van der Waals surface area contributed by atoms with Crippen molar-refractivity contribution in [2.24, 2.45) is 5.92 Å². The van der Waals surface area contributed by atoms with Gasteiger partial charge in [-0.3, -0.25) is 4.79 Å². The lowest BCUT2D eigenvalue weighted by Crippen LogP contribution is -2.53. The van der Waals surface area contributed by atoms with Crippen LogP contribution in [0.15, 0.2) is 59.5 Å². The van der Waals surface area contributed by atoms with Crippen molar-refractivity contribution in [1.29, 1.82) is 0 Å². The lowest BCUT2D eigenvalue weighted by molar-refractivity contribution is -0.157. The zero-order chi connectivity index (χ0) is 37.1. The fourth-order valence-electron chi connectivity index (χ4n) is 5.08. The molecular weight excluding hydrogens is 686 g/mol. The zero-order valence-electron chi connectivity index (χ0n) is 29.7. The van der Waals surface area contributed by atoms with Crippen LogP contribution >= 0.6 is 0 Å². The summed E-state index contributed by atoms with van der Waals surface area (Å²) in [5.74, 6) is -1.28. The van der Waals surface area contributed by atoms with Gasteiger partial charge in [0.25, 0.3) is 0 Å². The highest BCUT2D eigenvalue weighted by Gasteiger charge is 2.35. The summed E-state index contributed by atoms with van der Waals surface area (Å²) in [6, 6.07) is 14.0. The van der Waals surface area contributed by atoms with Gasteiger partial charge in [0, 0.05) is 32.9 Å². The zero-order valence-corrected chi connectivity index (χ0v) is 30.6. The molecule has 0 bridgehead atoms. The molecule has 51 heavy (non-hydrogen) atoms. The van der Waals surface area contributed by atoms with Crippen LogP contribution in [0.25, 0.3) is 0 Å². The maximum atomic E-state index is 14.2. The van der Waals surface area contributed by atoms with Gasteiger partial charge in [0.05, 0.1) is 57.1 Å². The molecule has 0 spiro atoms. The standard InChI is InChI=1S/C35H51N3O12S/c1-26(2)21-38(51(42,43)30-12-10-28(11-13-30)36-33(39)24-47-18-16-44-3)22-32(50-34(40)25-48-19-17-45-4)31(20-27-8-6-5-7-9-27)37-35(41)49-29-14-15-46-23-29/h5-13,26,29,31-32H,14-25H2,1-4H3,(H,36,39)(H,37,41)/t29-,31+,32-/m0/s1. The molecule has 1 fully saturated rings. The number of ether oxygens (including phenoxy) is 7. The van der Waals surface area contributed by atoms with E-state index in [2.05, 4.69) is 10.6 Å². The molecule has 3 atom stereocenters. The number of carbonyl (C=O) groups excluding carboxylic acids is 3. The van der Waals surface area contributed by atoms with Crippen LogP contribution in [-0.2, 0) is 59.2 Å². The number of nitrogens with one attached hydrogen (secondary N) is 2. The third-order valence-electron chi connectivity index (χ3n) is 7.54. The molecule has 0 unspecified atom stereocenters. The number of methoxy groups -OCH3 is 2. The Labute approximate surface area is 300 Å². The third kappa shape index (κ3) is 15.2. The van der Waals surface area contributed by atoms with Crippen molar-refractivity contribution >= 4 is 33.7 Å². The quantitative estimate of drug-likeness (QED) is 0.126. The Morgan fingerprint density at radius 1 is 0.902 bits per heavy atom. The first kappa shape index (κ1) is 41.8. The molecule has 0 radical (unpaired) electrons. The van der Waals surface area contributed by atoms with Gasteiger partial charge in [0.2, 0.25) is 15.9 Å². The number of benzene rings is 2. The van der Waals surface area contributed by atoms with Gasteiger partial charge in [-0.15, -0.1) is 0 Å².